The molecule has 1 heterocycles. The zero-order chi connectivity index (χ0) is 20.7. The molecule has 1 aromatic carbocycles. The molecule has 28 heavy (non-hydrogen) atoms. The van der Waals surface area contributed by atoms with Crippen LogP contribution in [0.15, 0.2) is 35.3 Å². The number of aromatic amines is 1. The molecule has 2 rings (SSSR count). The molecule has 0 bridgehead atoms. The van der Waals surface area contributed by atoms with Gasteiger partial charge in [0.05, 0.1) is 28.9 Å². The first kappa shape index (κ1) is 21.1. The number of aliphatic hydroxyl groups excluding tert-OH is 2. The van der Waals surface area contributed by atoms with E-state index in [0.29, 0.717) is 27.5 Å². The van der Waals surface area contributed by atoms with E-state index >= 15 is 0 Å². The highest BCUT2D eigenvalue weighted by Crippen LogP contribution is 2.19. The number of aliphatic imine (C=N–C) groups is 1. The largest absolute Gasteiger partial charge is 0.398 e. The molecule has 0 aliphatic carbocycles. The normalized spacial score (nSPS) is 13.9. The number of H-pyrrole nitrogens is 1. The first-order valence-corrected chi connectivity index (χ1v) is 8.57. The number of benzene rings is 1. The molecule has 0 saturated heterocycles. The molecular formula is C18H19ClN6O3. The molecular weight excluding hydrogens is 384 g/mol. The van der Waals surface area contributed by atoms with Crippen LogP contribution < -0.4 is 11.1 Å². The number of nitrogens with one attached hydrogen (secondary N) is 2. The van der Waals surface area contributed by atoms with E-state index in [1.807, 2.05) is 6.07 Å². The number of nitriles is 1. The summed E-state index contributed by atoms with van der Waals surface area (Å²) in [5.41, 5.74) is 7.70. The minimum atomic E-state index is -1.23. The monoisotopic (exact) mass is 402 g/mol. The van der Waals surface area contributed by atoms with Gasteiger partial charge in [0, 0.05) is 11.9 Å². The van der Waals surface area contributed by atoms with Gasteiger partial charge in [-0.15, -0.1) is 0 Å². The van der Waals surface area contributed by atoms with Crippen LogP contribution in [0.3, 0.4) is 0 Å². The predicted octanol–water partition coefficient (Wildman–Crippen LogP) is 1.11. The van der Waals surface area contributed by atoms with Gasteiger partial charge in [0.2, 0.25) is 0 Å². The Bertz CT molecular complexity index is 945. The third kappa shape index (κ3) is 5.65. The van der Waals surface area contributed by atoms with Crippen molar-refractivity contribution in [2.75, 3.05) is 6.54 Å². The zero-order valence-electron chi connectivity index (χ0n) is 14.9. The van der Waals surface area contributed by atoms with Gasteiger partial charge in [0.25, 0.3) is 5.91 Å². The smallest absolute Gasteiger partial charge is 0.273 e. The second-order valence-electron chi connectivity index (χ2n) is 5.82. The standard InChI is InChI=1S/C18H19ClN6O3/c1-10(26)15-7-16(25-24-15)18(28)23-17(27)9-22-5-4-14(21)11-2-3-12(8-20)13(19)6-11/h2-7,10,17,26-27H,9,21H2,1H3,(H,23,28)(H,24,25)/b14-4-,22-5?. The molecule has 146 valence electrons. The molecule has 9 nitrogen and oxygen atoms in total. The zero-order valence-corrected chi connectivity index (χ0v) is 15.7. The van der Waals surface area contributed by atoms with Gasteiger partial charge in [-0.25, -0.2) is 0 Å². The summed E-state index contributed by atoms with van der Waals surface area (Å²) in [6.45, 7) is 1.43. The quantitative estimate of drug-likeness (QED) is 0.344. The summed E-state index contributed by atoms with van der Waals surface area (Å²) in [6.07, 6.45) is 0.882. The number of halogens is 1. The third-order valence-corrected chi connectivity index (χ3v) is 3.95. The van der Waals surface area contributed by atoms with Crippen LogP contribution >= 0.6 is 11.6 Å². The molecule has 2 atom stereocenters. The van der Waals surface area contributed by atoms with E-state index in [4.69, 9.17) is 22.6 Å². The molecule has 0 aliphatic rings. The Hall–Kier alpha value is -3.19. The number of allylic oxidation sites excluding steroid dienone is 1. The number of amides is 1. The van der Waals surface area contributed by atoms with Gasteiger partial charge in [-0.2, -0.15) is 10.4 Å². The van der Waals surface area contributed by atoms with Gasteiger partial charge in [0.15, 0.2) is 0 Å². The summed E-state index contributed by atoms with van der Waals surface area (Å²) >= 11 is 5.96. The van der Waals surface area contributed by atoms with E-state index in [-0.39, 0.29) is 12.2 Å². The maximum Gasteiger partial charge on any atom is 0.273 e. The van der Waals surface area contributed by atoms with Crippen molar-refractivity contribution in [1.29, 1.82) is 5.26 Å². The van der Waals surface area contributed by atoms with Crippen LogP contribution in [0.1, 0.15) is 40.3 Å². The Morgan fingerprint density at radius 2 is 2.25 bits per heavy atom. The van der Waals surface area contributed by atoms with Crippen LogP contribution in [0.5, 0.6) is 0 Å². The Kier molecular flexibility index (Phi) is 7.28. The molecule has 0 fully saturated rings. The number of aliphatic hydroxyl groups is 2. The number of nitrogens with two attached hydrogens (primary N) is 1. The maximum absolute atomic E-state index is 11.9. The number of aromatic nitrogens is 2. The SMILES string of the molecule is CC(O)c1cc(C(=O)NC(O)CN=C/C=C(\N)c2ccc(C#N)c(Cl)c2)n[nH]1. The van der Waals surface area contributed by atoms with Crippen molar-refractivity contribution in [2.24, 2.45) is 10.7 Å². The fraction of sp³-hybridized carbons (Fsp3) is 0.222. The number of hydrogen-bond acceptors (Lipinski definition) is 7. The highest BCUT2D eigenvalue weighted by atomic mass is 35.5. The number of carbonyl (C=O) groups is 1. The second-order valence-corrected chi connectivity index (χ2v) is 6.22. The minimum absolute atomic E-state index is 0.0424. The number of nitrogens with zero attached hydrogens (tertiary/aromatic N) is 3. The molecule has 0 radical (unpaired) electrons. The number of carbonyl (C=O) groups excluding carboxylic acids is 1. The second kappa shape index (κ2) is 9.66. The lowest BCUT2D eigenvalue weighted by atomic mass is 10.1. The van der Waals surface area contributed by atoms with E-state index in [1.54, 1.807) is 18.2 Å². The van der Waals surface area contributed by atoms with Crippen molar-refractivity contribution in [3.63, 3.8) is 0 Å². The number of hydrogen-bond donors (Lipinski definition) is 5. The fourth-order valence-corrected chi connectivity index (χ4v) is 2.34. The van der Waals surface area contributed by atoms with Crippen LogP contribution in [0.25, 0.3) is 5.70 Å². The first-order chi connectivity index (χ1) is 13.3. The van der Waals surface area contributed by atoms with E-state index in [1.165, 1.54) is 25.3 Å². The summed E-state index contributed by atoms with van der Waals surface area (Å²) in [5.74, 6) is -0.604. The van der Waals surface area contributed by atoms with Crippen LogP contribution in [-0.2, 0) is 0 Å². The summed E-state index contributed by atoms with van der Waals surface area (Å²) in [4.78, 5) is 15.9. The molecule has 2 aromatic rings. The Morgan fingerprint density at radius 1 is 1.50 bits per heavy atom. The minimum Gasteiger partial charge on any atom is -0.398 e. The van der Waals surface area contributed by atoms with Crippen molar-refractivity contribution in [1.82, 2.24) is 15.5 Å². The molecule has 10 heteroatoms. The molecule has 6 N–H and O–H groups in total. The highest BCUT2D eigenvalue weighted by molar-refractivity contribution is 6.31. The lowest BCUT2D eigenvalue weighted by molar-refractivity contribution is 0.0797. The molecule has 0 saturated carbocycles. The van der Waals surface area contributed by atoms with Crippen molar-refractivity contribution in [3.05, 3.63) is 57.9 Å². The van der Waals surface area contributed by atoms with E-state index < -0.39 is 18.2 Å². The van der Waals surface area contributed by atoms with Crippen molar-refractivity contribution >= 4 is 29.4 Å². The summed E-state index contributed by atoms with van der Waals surface area (Å²) in [6, 6.07) is 8.14. The fourth-order valence-electron chi connectivity index (χ4n) is 2.11. The van der Waals surface area contributed by atoms with Gasteiger partial charge in [-0.05, 0) is 36.8 Å². The van der Waals surface area contributed by atoms with Crippen LogP contribution in [-0.4, -0.2) is 45.3 Å². The predicted molar refractivity (Wildman–Crippen MR) is 104 cm³/mol. The summed E-state index contributed by atoms with van der Waals surface area (Å²) in [5, 5.41) is 37.0. The van der Waals surface area contributed by atoms with Crippen molar-refractivity contribution < 1.29 is 15.0 Å². The van der Waals surface area contributed by atoms with Crippen molar-refractivity contribution in [2.45, 2.75) is 19.3 Å². The Balaban J connectivity index is 1.89. The summed E-state index contributed by atoms with van der Waals surface area (Å²) < 4.78 is 0. The number of rotatable bonds is 7. The average Bonchev–Trinajstić information content (AvgIpc) is 3.15. The van der Waals surface area contributed by atoms with Crippen molar-refractivity contribution in [3.8, 4) is 6.07 Å². The van der Waals surface area contributed by atoms with E-state index in [2.05, 4.69) is 20.5 Å². The highest BCUT2D eigenvalue weighted by Gasteiger charge is 2.15. The van der Waals surface area contributed by atoms with Gasteiger partial charge in [-0.3, -0.25) is 14.9 Å². The van der Waals surface area contributed by atoms with Gasteiger partial charge in [-0.1, -0.05) is 17.7 Å². The van der Waals surface area contributed by atoms with E-state index in [9.17, 15) is 15.0 Å². The van der Waals surface area contributed by atoms with Crippen LogP contribution in [0.4, 0.5) is 0 Å². The first-order valence-electron chi connectivity index (χ1n) is 8.19. The summed E-state index contributed by atoms with van der Waals surface area (Å²) in [7, 11) is 0. The average molecular weight is 403 g/mol. The maximum atomic E-state index is 11.9. The molecule has 0 aliphatic heterocycles. The lowest BCUT2D eigenvalue weighted by Crippen LogP contribution is -2.36. The van der Waals surface area contributed by atoms with E-state index in [0.717, 1.165) is 0 Å². The molecule has 1 amide bonds. The van der Waals surface area contributed by atoms with Gasteiger partial charge < -0.3 is 21.3 Å². The Morgan fingerprint density at radius 3 is 2.86 bits per heavy atom. The molecule has 1 aromatic heterocycles. The lowest BCUT2D eigenvalue weighted by Gasteiger charge is -2.08. The van der Waals surface area contributed by atoms with Gasteiger partial charge >= 0.3 is 0 Å². The van der Waals surface area contributed by atoms with Crippen LogP contribution in [0.2, 0.25) is 5.02 Å². The molecule has 0 spiro atoms. The topological polar surface area (TPSA) is 160 Å². The molecule has 2 unspecified atom stereocenters. The third-order valence-electron chi connectivity index (χ3n) is 3.64. The van der Waals surface area contributed by atoms with Crippen LogP contribution in [0, 0.1) is 11.3 Å². The Labute approximate surface area is 166 Å². The van der Waals surface area contributed by atoms with Gasteiger partial charge in [0.1, 0.15) is 18.0 Å².